The molecule has 0 bridgehead atoms. The maximum atomic E-state index is 12.3. The number of hydrogen-bond acceptors (Lipinski definition) is 3. The summed E-state index contributed by atoms with van der Waals surface area (Å²) in [6.45, 7) is 2.55. The average molecular weight is 398 g/mol. The largest absolute Gasteiger partial charge is 0.477 e. The quantitative estimate of drug-likeness (QED) is 0.600. The zero-order chi connectivity index (χ0) is 15.6. The van der Waals surface area contributed by atoms with Gasteiger partial charge in [0.2, 0.25) is 5.43 Å². The number of nitrogens with one attached hydrogen (secondary N) is 1. The van der Waals surface area contributed by atoms with Crippen LogP contribution >= 0.6 is 22.6 Å². The molecule has 1 heterocycles. The smallest absolute Gasteiger partial charge is 0.341 e. The number of hydrogen-bond donors (Lipinski definition) is 2. The van der Waals surface area contributed by atoms with Crippen LogP contribution in [0.5, 0.6) is 0 Å². The summed E-state index contributed by atoms with van der Waals surface area (Å²) < 4.78 is 2.68. The Balaban J connectivity index is 2.68. The first-order chi connectivity index (χ1) is 9.93. The van der Waals surface area contributed by atoms with E-state index in [-0.39, 0.29) is 11.5 Å². The van der Waals surface area contributed by atoms with E-state index in [4.69, 9.17) is 5.41 Å². The molecule has 2 aromatic rings. The minimum atomic E-state index is -1.21. The van der Waals surface area contributed by atoms with Crippen LogP contribution in [0.1, 0.15) is 23.7 Å². The minimum absolute atomic E-state index is 0.189. The van der Waals surface area contributed by atoms with Crippen LogP contribution in [0, 0.1) is 14.9 Å². The first kappa shape index (κ1) is 15.7. The first-order valence-corrected chi connectivity index (χ1v) is 7.57. The van der Waals surface area contributed by atoms with Crippen LogP contribution in [-0.4, -0.2) is 21.9 Å². The van der Waals surface area contributed by atoms with Gasteiger partial charge in [0, 0.05) is 21.7 Å². The van der Waals surface area contributed by atoms with Gasteiger partial charge in [-0.25, -0.2) is 4.79 Å². The fraction of sp³-hybridized carbons (Fsp3) is 0.267. The molecule has 0 spiro atoms. The van der Waals surface area contributed by atoms with Crippen molar-refractivity contribution < 1.29 is 9.90 Å². The molecule has 0 fully saturated rings. The van der Waals surface area contributed by atoms with Crippen molar-refractivity contribution in [2.24, 2.45) is 5.92 Å². The number of carboxylic acid groups (broad SMARTS) is 1. The number of benzene rings is 1. The highest BCUT2D eigenvalue weighted by Gasteiger charge is 2.15. The van der Waals surface area contributed by atoms with Crippen LogP contribution in [0.15, 0.2) is 29.2 Å². The lowest BCUT2D eigenvalue weighted by Crippen LogP contribution is -2.20. The highest BCUT2D eigenvalue weighted by Crippen LogP contribution is 2.18. The second kappa shape index (κ2) is 6.38. The molecule has 0 aliphatic carbocycles. The van der Waals surface area contributed by atoms with Gasteiger partial charge < -0.3 is 15.1 Å². The van der Waals surface area contributed by atoms with Gasteiger partial charge in [0.25, 0.3) is 0 Å². The fourth-order valence-corrected chi connectivity index (χ4v) is 2.78. The van der Waals surface area contributed by atoms with Crippen molar-refractivity contribution in [3.8, 4) is 0 Å². The van der Waals surface area contributed by atoms with Gasteiger partial charge in [-0.15, -0.1) is 0 Å². The number of nitrogens with zero attached hydrogens (tertiary/aromatic N) is 1. The van der Waals surface area contributed by atoms with E-state index in [1.807, 2.05) is 19.1 Å². The molecule has 5 nitrogen and oxygen atoms in total. The lowest BCUT2D eigenvalue weighted by Gasteiger charge is -2.16. The SMILES string of the molecule is CC(CC=N)Cn1cc(C(=O)O)c(=O)c2cc(I)ccc21. The Labute approximate surface area is 135 Å². The van der Waals surface area contributed by atoms with Gasteiger partial charge in [-0.05, 0) is 59.3 Å². The Morgan fingerprint density at radius 3 is 2.86 bits per heavy atom. The number of aromatic nitrogens is 1. The summed E-state index contributed by atoms with van der Waals surface area (Å²) in [6.07, 6.45) is 3.36. The summed E-state index contributed by atoms with van der Waals surface area (Å²) in [7, 11) is 0. The van der Waals surface area contributed by atoms with Crippen LogP contribution in [-0.2, 0) is 6.54 Å². The van der Waals surface area contributed by atoms with Gasteiger partial charge in [-0.2, -0.15) is 0 Å². The highest BCUT2D eigenvalue weighted by molar-refractivity contribution is 14.1. The van der Waals surface area contributed by atoms with Crippen LogP contribution in [0.2, 0.25) is 0 Å². The van der Waals surface area contributed by atoms with Crippen molar-refractivity contribution in [1.82, 2.24) is 4.57 Å². The third kappa shape index (κ3) is 3.31. The van der Waals surface area contributed by atoms with Crippen LogP contribution < -0.4 is 5.43 Å². The van der Waals surface area contributed by atoms with Crippen molar-refractivity contribution in [2.45, 2.75) is 19.9 Å². The standard InChI is InChI=1S/C15H15IN2O3/c1-9(4-5-17)7-18-8-12(15(20)21)14(19)11-6-10(16)2-3-13(11)18/h2-3,5-6,8-9,17H,4,7H2,1H3,(H,20,21). The monoisotopic (exact) mass is 398 g/mol. The van der Waals surface area contributed by atoms with E-state index in [0.717, 1.165) is 9.09 Å². The second-order valence-electron chi connectivity index (χ2n) is 5.04. The van der Waals surface area contributed by atoms with E-state index in [2.05, 4.69) is 22.6 Å². The Morgan fingerprint density at radius 1 is 1.52 bits per heavy atom. The summed E-state index contributed by atoms with van der Waals surface area (Å²) in [4.78, 5) is 23.5. The third-order valence-corrected chi connectivity index (χ3v) is 3.97. The molecule has 110 valence electrons. The minimum Gasteiger partial charge on any atom is -0.477 e. The van der Waals surface area contributed by atoms with Crippen molar-refractivity contribution >= 4 is 45.7 Å². The van der Waals surface area contributed by atoms with E-state index in [9.17, 15) is 14.7 Å². The molecule has 0 saturated carbocycles. The molecule has 0 aliphatic rings. The fourth-order valence-electron chi connectivity index (χ4n) is 2.28. The summed E-state index contributed by atoms with van der Waals surface area (Å²) in [5, 5.41) is 16.8. The van der Waals surface area contributed by atoms with Gasteiger partial charge in [0.05, 0.1) is 5.52 Å². The number of carbonyl (C=O) groups is 1. The second-order valence-corrected chi connectivity index (χ2v) is 6.28. The molecule has 21 heavy (non-hydrogen) atoms. The number of halogens is 1. The zero-order valence-corrected chi connectivity index (χ0v) is 13.6. The summed E-state index contributed by atoms with van der Waals surface area (Å²) in [6, 6.07) is 5.43. The van der Waals surface area contributed by atoms with Crippen molar-refractivity contribution in [2.75, 3.05) is 0 Å². The molecule has 2 N–H and O–H groups in total. The Morgan fingerprint density at radius 2 is 2.24 bits per heavy atom. The maximum absolute atomic E-state index is 12.3. The Kier molecular flexibility index (Phi) is 4.76. The van der Waals surface area contributed by atoms with Crippen LogP contribution in [0.3, 0.4) is 0 Å². The predicted octanol–water partition coefficient (Wildman–Crippen LogP) is 2.98. The van der Waals surface area contributed by atoms with E-state index in [1.165, 1.54) is 12.4 Å². The average Bonchev–Trinajstić information content (AvgIpc) is 2.42. The number of rotatable bonds is 5. The van der Waals surface area contributed by atoms with Gasteiger partial charge in [-0.1, -0.05) is 6.92 Å². The van der Waals surface area contributed by atoms with Gasteiger partial charge >= 0.3 is 5.97 Å². The Bertz CT molecular complexity index is 767. The zero-order valence-electron chi connectivity index (χ0n) is 11.5. The predicted molar refractivity (Wildman–Crippen MR) is 90.4 cm³/mol. The molecule has 6 heteroatoms. The van der Waals surface area contributed by atoms with Crippen molar-refractivity contribution in [3.63, 3.8) is 0 Å². The van der Waals surface area contributed by atoms with Gasteiger partial charge in [0.1, 0.15) is 5.56 Å². The topological polar surface area (TPSA) is 83.2 Å². The third-order valence-electron chi connectivity index (χ3n) is 3.30. The maximum Gasteiger partial charge on any atom is 0.341 e. The number of carboxylic acids is 1. The molecule has 1 aromatic heterocycles. The molecule has 1 atom stereocenters. The Hall–Kier alpha value is -1.70. The number of pyridine rings is 1. The normalized spacial score (nSPS) is 12.3. The lowest BCUT2D eigenvalue weighted by atomic mass is 10.1. The molecule has 0 aliphatic heterocycles. The molecule has 2 rings (SSSR count). The molecule has 0 saturated heterocycles. The van der Waals surface area contributed by atoms with E-state index in [1.54, 1.807) is 10.6 Å². The van der Waals surface area contributed by atoms with E-state index < -0.39 is 11.4 Å². The number of fused-ring (bicyclic) bond motifs is 1. The molecule has 0 amide bonds. The molecular formula is C15H15IN2O3. The molecule has 1 unspecified atom stereocenters. The summed E-state index contributed by atoms with van der Waals surface area (Å²) >= 11 is 2.10. The summed E-state index contributed by atoms with van der Waals surface area (Å²) in [5.41, 5.74) is 0.0563. The first-order valence-electron chi connectivity index (χ1n) is 6.49. The summed E-state index contributed by atoms with van der Waals surface area (Å²) in [5.74, 6) is -1.02. The van der Waals surface area contributed by atoms with E-state index >= 15 is 0 Å². The molecule has 1 aromatic carbocycles. The molecular weight excluding hydrogens is 383 g/mol. The van der Waals surface area contributed by atoms with E-state index in [0.29, 0.717) is 18.4 Å². The lowest BCUT2D eigenvalue weighted by molar-refractivity contribution is 0.0694. The van der Waals surface area contributed by atoms with Crippen molar-refractivity contribution in [3.05, 3.63) is 43.8 Å². The van der Waals surface area contributed by atoms with Crippen LogP contribution in [0.25, 0.3) is 10.9 Å². The molecule has 0 radical (unpaired) electrons. The van der Waals surface area contributed by atoms with Gasteiger partial charge in [0.15, 0.2) is 0 Å². The van der Waals surface area contributed by atoms with Gasteiger partial charge in [-0.3, -0.25) is 4.79 Å². The number of aromatic carboxylic acids is 1. The van der Waals surface area contributed by atoms with Crippen molar-refractivity contribution in [1.29, 1.82) is 5.41 Å². The van der Waals surface area contributed by atoms with Crippen LogP contribution in [0.4, 0.5) is 0 Å². The highest BCUT2D eigenvalue weighted by atomic mass is 127.